The molecule has 1 aliphatic rings. The minimum Gasteiger partial charge on any atom is -0.464 e. The maximum absolute atomic E-state index is 11.3. The second-order valence-corrected chi connectivity index (χ2v) is 3.60. The van der Waals surface area contributed by atoms with Gasteiger partial charge in [0.25, 0.3) is 0 Å². The van der Waals surface area contributed by atoms with Crippen molar-refractivity contribution < 1.29 is 19.1 Å². The first-order valence-electron chi connectivity index (χ1n) is 4.23. The third-order valence-corrected chi connectivity index (χ3v) is 2.45. The van der Waals surface area contributed by atoms with Crippen molar-refractivity contribution in [3.8, 4) is 0 Å². The molecule has 0 N–H and O–H groups in total. The standard InChI is InChI=1S/C9H11NO4S/c1-6(11)14-3-7-4-15-5-10-8(7)9(12)13-2/h5H,3-4H2,1-2H3. The Labute approximate surface area is 91.5 Å². The first-order valence-corrected chi connectivity index (χ1v) is 5.28. The second kappa shape index (κ2) is 5.55. The number of hydrogen-bond acceptors (Lipinski definition) is 6. The number of esters is 2. The summed E-state index contributed by atoms with van der Waals surface area (Å²) in [5.41, 5.74) is 2.48. The number of rotatable bonds is 3. The van der Waals surface area contributed by atoms with Gasteiger partial charge in [0.2, 0.25) is 0 Å². The predicted molar refractivity (Wildman–Crippen MR) is 56.6 cm³/mol. The zero-order valence-corrected chi connectivity index (χ0v) is 9.30. The van der Waals surface area contributed by atoms with Crippen LogP contribution in [0.15, 0.2) is 16.3 Å². The van der Waals surface area contributed by atoms with E-state index < -0.39 is 5.97 Å². The Morgan fingerprint density at radius 2 is 2.33 bits per heavy atom. The summed E-state index contributed by atoms with van der Waals surface area (Å²) >= 11 is 1.44. The fourth-order valence-electron chi connectivity index (χ4n) is 0.980. The highest BCUT2D eigenvalue weighted by Gasteiger charge is 2.18. The van der Waals surface area contributed by atoms with E-state index in [1.807, 2.05) is 0 Å². The lowest BCUT2D eigenvalue weighted by atomic mass is 10.2. The monoisotopic (exact) mass is 229 g/mol. The Balaban J connectivity index is 2.77. The molecule has 0 saturated carbocycles. The summed E-state index contributed by atoms with van der Waals surface area (Å²) in [5, 5.41) is 0. The summed E-state index contributed by atoms with van der Waals surface area (Å²) in [6.07, 6.45) is 0. The van der Waals surface area contributed by atoms with Gasteiger partial charge in [-0.15, -0.1) is 11.8 Å². The fraction of sp³-hybridized carbons (Fsp3) is 0.444. The number of hydrogen-bond donors (Lipinski definition) is 0. The topological polar surface area (TPSA) is 65.0 Å². The molecule has 0 saturated heterocycles. The molecule has 0 aliphatic carbocycles. The largest absolute Gasteiger partial charge is 0.464 e. The fourth-order valence-corrected chi connectivity index (χ4v) is 1.66. The number of carbonyl (C=O) groups is 2. The molecule has 6 heteroatoms. The third kappa shape index (κ3) is 3.39. The van der Waals surface area contributed by atoms with E-state index in [4.69, 9.17) is 4.74 Å². The van der Waals surface area contributed by atoms with Crippen LogP contribution in [0, 0.1) is 0 Å². The maximum Gasteiger partial charge on any atom is 0.356 e. The SMILES string of the molecule is COC(=O)C1=C(COC(C)=O)CSC=N1. The Kier molecular flexibility index (Phi) is 4.36. The van der Waals surface area contributed by atoms with Gasteiger partial charge in [-0.05, 0) is 0 Å². The van der Waals surface area contributed by atoms with Crippen molar-refractivity contribution in [2.75, 3.05) is 19.5 Å². The zero-order valence-electron chi connectivity index (χ0n) is 8.48. The van der Waals surface area contributed by atoms with E-state index >= 15 is 0 Å². The van der Waals surface area contributed by atoms with Gasteiger partial charge in [0.15, 0.2) is 5.70 Å². The summed E-state index contributed by atoms with van der Waals surface area (Å²) in [6.45, 7) is 1.40. The van der Waals surface area contributed by atoms with E-state index in [-0.39, 0.29) is 18.3 Å². The average molecular weight is 229 g/mol. The lowest BCUT2D eigenvalue weighted by Crippen LogP contribution is -2.15. The van der Waals surface area contributed by atoms with Gasteiger partial charge in [-0.2, -0.15) is 0 Å². The summed E-state index contributed by atoms with van der Waals surface area (Å²) in [6, 6.07) is 0. The molecule has 0 unspecified atom stereocenters. The van der Waals surface area contributed by atoms with Gasteiger partial charge >= 0.3 is 11.9 Å². The quantitative estimate of drug-likeness (QED) is 0.668. The molecule has 0 atom stereocenters. The first kappa shape index (κ1) is 11.8. The molecule has 15 heavy (non-hydrogen) atoms. The molecule has 0 radical (unpaired) electrons. The molecule has 0 aromatic carbocycles. The summed E-state index contributed by atoms with van der Waals surface area (Å²) in [4.78, 5) is 25.8. The minimum absolute atomic E-state index is 0.0874. The smallest absolute Gasteiger partial charge is 0.356 e. The zero-order chi connectivity index (χ0) is 11.3. The predicted octanol–water partition coefficient (Wildman–Crippen LogP) is 0.752. The van der Waals surface area contributed by atoms with Gasteiger partial charge in [-0.3, -0.25) is 4.79 Å². The molecule has 0 bridgehead atoms. The Bertz CT molecular complexity index is 335. The molecule has 1 aliphatic heterocycles. The van der Waals surface area contributed by atoms with Crippen molar-refractivity contribution in [3.63, 3.8) is 0 Å². The van der Waals surface area contributed by atoms with Crippen LogP contribution in [-0.4, -0.2) is 37.0 Å². The van der Waals surface area contributed by atoms with Gasteiger partial charge in [-0.25, -0.2) is 9.79 Å². The number of carbonyl (C=O) groups excluding carboxylic acids is 2. The summed E-state index contributed by atoms with van der Waals surface area (Å²) in [5.74, 6) is -0.304. The van der Waals surface area contributed by atoms with Gasteiger partial charge in [-0.1, -0.05) is 0 Å². The number of aliphatic imine (C=N–C) groups is 1. The van der Waals surface area contributed by atoms with Crippen molar-refractivity contribution in [1.29, 1.82) is 0 Å². The van der Waals surface area contributed by atoms with Crippen molar-refractivity contribution in [2.45, 2.75) is 6.92 Å². The average Bonchev–Trinajstić information content (AvgIpc) is 2.25. The molecule has 0 aromatic rings. The molecule has 82 valence electrons. The Morgan fingerprint density at radius 1 is 1.60 bits per heavy atom. The van der Waals surface area contributed by atoms with Crippen molar-refractivity contribution >= 4 is 29.2 Å². The van der Waals surface area contributed by atoms with E-state index in [1.165, 1.54) is 25.8 Å². The van der Waals surface area contributed by atoms with Gasteiger partial charge in [0.05, 0.1) is 12.7 Å². The minimum atomic E-state index is -0.506. The Hall–Kier alpha value is -1.30. The molecule has 0 amide bonds. The molecular weight excluding hydrogens is 218 g/mol. The normalized spacial score (nSPS) is 15.1. The van der Waals surface area contributed by atoms with E-state index in [0.717, 1.165) is 0 Å². The van der Waals surface area contributed by atoms with E-state index in [2.05, 4.69) is 9.73 Å². The highest BCUT2D eigenvalue weighted by atomic mass is 32.2. The van der Waals surface area contributed by atoms with Gasteiger partial charge in [0, 0.05) is 18.2 Å². The van der Waals surface area contributed by atoms with Crippen LogP contribution in [0.4, 0.5) is 0 Å². The maximum atomic E-state index is 11.3. The molecule has 0 spiro atoms. The summed E-state index contributed by atoms with van der Waals surface area (Å²) in [7, 11) is 1.29. The number of thioether (sulfide) groups is 1. The highest BCUT2D eigenvalue weighted by molar-refractivity contribution is 8.12. The van der Waals surface area contributed by atoms with Crippen molar-refractivity contribution in [1.82, 2.24) is 0 Å². The van der Waals surface area contributed by atoms with Gasteiger partial charge < -0.3 is 9.47 Å². The molecule has 0 aromatic heterocycles. The van der Waals surface area contributed by atoms with E-state index in [0.29, 0.717) is 11.3 Å². The molecule has 0 fully saturated rings. The number of methoxy groups -OCH3 is 1. The van der Waals surface area contributed by atoms with Crippen LogP contribution >= 0.6 is 11.8 Å². The van der Waals surface area contributed by atoms with Crippen LogP contribution in [0.3, 0.4) is 0 Å². The van der Waals surface area contributed by atoms with Crippen LogP contribution in [0.5, 0.6) is 0 Å². The van der Waals surface area contributed by atoms with Crippen LogP contribution in [-0.2, 0) is 19.1 Å². The number of ether oxygens (including phenoxy) is 2. The molecule has 1 heterocycles. The molecule has 5 nitrogen and oxygen atoms in total. The van der Waals surface area contributed by atoms with Crippen LogP contribution in [0.25, 0.3) is 0 Å². The van der Waals surface area contributed by atoms with Crippen molar-refractivity contribution in [3.05, 3.63) is 11.3 Å². The lowest BCUT2D eigenvalue weighted by Gasteiger charge is -2.12. The molecular formula is C9H11NO4S. The van der Waals surface area contributed by atoms with Gasteiger partial charge in [0.1, 0.15) is 6.61 Å². The molecule has 1 rings (SSSR count). The lowest BCUT2D eigenvalue weighted by molar-refractivity contribution is -0.140. The third-order valence-electron chi connectivity index (χ3n) is 1.68. The Morgan fingerprint density at radius 3 is 2.93 bits per heavy atom. The van der Waals surface area contributed by atoms with Crippen LogP contribution in [0.2, 0.25) is 0 Å². The van der Waals surface area contributed by atoms with Crippen LogP contribution in [0.1, 0.15) is 6.92 Å². The first-order chi connectivity index (χ1) is 7.15. The van der Waals surface area contributed by atoms with E-state index in [1.54, 1.807) is 5.55 Å². The highest BCUT2D eigenvalue weighted by Crippen LogP contribution is 2.19. The summed E-state index contributed by atoms with van der Waals surface area (Å²) < 4.78 is 9.38. The number of nitrogens with zero attached hydrogens (tertiary/aromatic N) is 1. The van der Waals surface area contributed by atoms with E-state index in [9.17, 15) is 9.59 Å². The van der Waals surface area contributed by atoms with Crippen LogP contribution < -0.4 is 0 Å². The second-order valence-electron chi connectivity index (χ2n) is 2.77. The van der Waals surface area contributed by atoms with Crippen molar-refractivity contribution in [2.24, 2.45) is 4.99 Å².